The molecule has 0 aliphatic carbocycles. The maximum Gasteiger partial charge on any atom is 0.303 e. The van der Waals surface area contributed by atoms with Crippen LogP contribution >= 0.6 is 11.8 Å². The van der Waals surface area contributed by atoms with E-state index < -0.39 is 5.97 Å². The first-order chi connectivity index (χ1) is 8.02. The van der Waals surface area contributed by atoms with Crippen LogP contribution < -0.4 is 5.32 Å². The number of hydrogen-bond acceptors (Lipinski definition) is 4. The summed E-state index contributed by atoms with van der Waals surface area (Å²) in [7, 11) is 0. The lowest BCUT2D eigenvalue weighted by Gasteiger charge is -2.08. The smallest absolute Gasteiger partial charge is 0.303 e. The molecule has 0 radical (unpaired) electrons. The number of nitrogens with one attached hydrogen (secondary N) is 1. The molecule has 1 rings (SSSR count). The van der Waals surface area contributed by atoms with Gasteiger partial charge in [-0.2, -0.15) is 0 Å². The number of rotatable bonds is 6. The van der Waals surface area contributed by atoms with Gasteiger partial charge in [-0.1, -0.05) is 18.7 Å². The van der Waals surface area contributed by atoms with Crippen molar-refractivity contribution in [1.82, 2.24) is 5.32 Å². The molecule has 1 aromatic heterocycles. The number of furan rings is 1. The third kappa shape index (κ3) is 4.52. The second kappa shape index (κ2) is 6.34. The molecule has 0 saturated heterocycles. The van der Waals surface area contributed by atoms with Crippen LogP contribution in [0.4, 0.5) is 0 Å². The number of carbonyl (C=O) groups is 2. The molecule has 0 aliphatic rings. The Labute approximate surface area is 104 Å². The monoisotopic (exact) mass is 257 g/mol. The van der Waals surface area contributed by atoms with Crippen LogP contribution in [0.3, 0.4) is 0 Å². The van der Waals surface area contributed by atoms with E-state index in [-0.39, 0.29) is 24.0 Å². The molecule has 0 spiro atoms. The van der Waals surface area contributed by atoms with Gasteiger partial charge in [0.1, 0.15) is 0 Å². The van der Waals surface area contributed by atoms with Gasteiger partial charge in [-0.15, -0.1) is 0 Å². The highest BCUT2D eigenvalue weighted by molar-refractivity contribution is 7.98. The van der Waals surface area contributed by atoms with Crippen molar-refractivity contribution in [3.8, 4) is 0 Å². The minimum Gasteiger partial charge on any atom is -0.481 e. The summed E-state index contributed by atoms with van der Waals surface area (Å²) in [6, 6.07) is 3.32. The van der Waals surface area contributed by atoms with E-state index in [9.17, 15) is 9.59 Å². The topological polar surface area (TPSA) is 79.5 Å². The summed E-state index contributed by atoms with van der Waals surface area (Å²) < 4.78 is 5.24. The average molecular weight is 257 g/mol. The quantitative estimate of drug-likeness (QED) is 0.760. The SMILES string of the molecule is CSc1ccc(C(=O)NCC(C)CC(=O)O)o1. The number of carboxylic acids is 1. The summed E-state index contributed by atoms with van der Waals surface area (Å²) in [5.74, 6) is -1.04. The summed E-state index contributed by atoms with van der Waals surface area (Å²) in [5, 5.41) is 11.9. The van der Waals surface area contributed by atoms with Gasteiger partial charge < -0.3 is 14.8 Å². The Balaban J connectivity index is 2.41. The summed E-state index contributed by atoms with van der Waals surface area (Å²) in [5.41, 5.74) is 0. The molecule has 1 unspecified atom stereocenters. The van der Waals surface area contributed by atoms with Gasteiger partial charge in [-0.3, -0.25) is 9.59 Å². The second-order valence-corrected chi connectivity index (χ2v) is 4.55. The van der Waals surface area contributed by atoms with Crippen LogP contribution in [-0.4, -0.2) is 29.8 Å². The molecule has 0 aromatic carbocycles. The normalized spacial score (nSPS) is 12.1. The number of amides is 1. The Hall–Kier alpha value is -1.43. The van der Waals surface area contributed by atoms with Gasteiger partial charge in [0.2, 0.25) is 0 Å². The third-order valence-corrected chi connectivity index (χ3v) is 2.76. The predicted molar refractivity (Wildman–Crippen MR) is 64.2 cm³/mol. The molecule has 0 aliphatic heterocycles. The lowest BCUT2D eigenvalue weighted by atomic mass is 10.1. The summed E-state index contributed by atoms with van der Waals surface area (Å²) in [6.07, 6.45) is 1.89. The number of hydrogen-bond donors (Lipinski definition) is 2. The standard InChI is InChI=1S/C11H15NO4S/c1-7(5-9(13)14)6-12-11(15)8-3-4-10(16-8)17-2/h3-4,7H,5-6H2,1-2H3,(H,12,15)(H,13,14). The van der Waals surface area contributed by atoms with E-state index in [4.69, 9.17) is 9.52 Å². The Morgan fingerprint density at radius 1 is 1.53 bits per heavy atom. The Morgan fingerprint density at radius 2 is 2.24 bits per heavy atom. The van der Waals surface area contributed by atoms with Crippen molar-refractivity contribution in [3.05, 3.63) is 17.9 Å². The number of carboxylic acid groups (broad SMARTS) is 1. The van der Waals surface area contributed by atoms with Gasteiger partial charge in [0, 0.05) is 13.0 Å². The molecule has 94 valence electrons. The van der Waals surface area contributed by atoms with Gasteiger partial charge >= 0.3 is 5.97 Å². The molecule has 5 nitrogen and oxygen atoms in total. The minimum atomic E-state index is -0.866. The second-order valence-electron chi connectivity index (χ2n) is 3.74. The number of aliphatic carboxylic acids is 1. The van der Waals surface area contributed by atoms with Crippen LogP contribution in [0.25, 0.3) is 0 Å². The van der Waals surface area contributed by atoms with Crippen molar-refractivity contribution >= 4 is 23.6 Å². The largest absolute Gasteiger partial charge is 0.481 e. The first kappa shape index (κ1) is 13.6. The van der Waals surface area contributed by atoms with Crippen LogP contribution in [0.5, 0.6) is 0 Å². The zero-order chi connectivity index (χ0) is 12.8. The van der Waals surface area contributed by atoms with Crippen LogP contribution in [0.2, 0.25) is 0 Å². The van der Waals surface area contributed by atoms with E-state index in [1.54, 1.807) is 19.1 Å². The van der Waals surface area contributed by atoms with Crippen molar-refractivity contribution in [3.63, 3.8) is 0 Å². The third-order valence-electron chi connectivity index (χ3n) is 2.14. The average Bonchev–Trinajstić information content (AvgIpc) is 2.73. The van der Waals surface area contributed by atoms with E-state index in [0.717, 1.165) is 0 Å². The van der Waals surface area contributed by atoms with Crippen molar-refractivity contribution in [1.29, 1.82) is 0 Å². The Bertz CT molecular complexity index is 402. The highest BCUT2D eigenvalue weighted by Crippen LogP contribution is 2.17. The summed E-state index contributed by atoms with van der Waals surface area (Å²) in [4.78, 5) is 22.0. The van der Waals surface area contributed by atoms with Crippen molar-refractivity contribution in [2.45, 2.75) is 18.4 Å². The van der Waals surface area contributed by atoms with Gasteiger partial charge in [0.05, 0.1) is 0 Å². The van der Waals surface area contributed by atoms with Crippen LogP contribution in [0.1, 0.15) is 23.9 Å². The zero-order valence-electron chi connectivity index (χ0n) is 9.73. The van der Waals surface area contributed by atoms with E-state index in [1.165, 1.54) is 11.8 Å². The summed E-state index contributed by atoms with van der Waals surface area (Å²) in [6.45, 7) is 2.09. The molecule has 1 amide bonds. The highest BCUT2D eigenvalue weighted by atomic mass is 32.2. The number of carbonyl (C=O) groups excluding carboxylic acids is 1. The molecular weight excluding hydrogens is 242 g/mol. The van der Waals surface area contributed by atoms with E-state index >= 15 is 0 Å². The van der Waals surface area contributed by atoms with Crippen LogP contribution in [-0.2, 0) is 4.79 Å². The molecule has 2 N–H and O–H groups in total. The first-order valence-corrected chi connectivity index (χ1v) is 6.39. The lowest BCUT2D eigenvalue weighted by Crippen LogP contribution is -2.28. The molecule has 17 heavy (non-hydrogen) atoms. The van der Waals surface area contributed by atoms with E-state index in [1.807, 2.05) is 6.26 Å². The van der Waals surface area contributed by atoms with Gasteiger partial charge in [0.25, 0.3) is 5.91 Å². The highest BCUT2D eigenvalue weighted by Gasteiger charge is 2.13. The van der Waals surface area contributed by atoms with Gasteiger partial charge in [-0.05, 0) is 24.3 Å². The molecule has 1 heterocycles. The van der Waals surface area contributed by atoms with E-state index in [0.29, 0.717) is 11.6 Å². The fraction of sp³-hybridized carbons (Fsp3) is 0.455. The van der Waals surface area contributed by atoms with Crippen molar-refractivity contribution in [2.24, 2.45) is 5.92 Å². The molecule has 1 aromatic rings. The van der Waals surface area contributed by atoms with Crippen molar-refractivity contribution in [2.75, 3.05) is 12.8 Å². The van der Waals surface area contributed by atoms with Gasteiger partial charge in [-0.25, -0.2) is 0 Å². The first-order valence-electron chi connectivity index (χ1n) is 5.16. The van der Waals surface area contributed by atoms with Gasteiger partial charge in [0.15, 0.2) is 10.9 Å². The molecule has 0 fully saturated rings. The van der Waals surface area contributed by atoms with Crippen LogP contribution in [0, 0.1) is 5.92 Å². The Morgan fingerprint density at radius 3 is 2.76 bits per heavy atom. The molecule has 0 bridgehead atoms. The fourth-order valence-electron chi connectivity index (χ4n) is 1.28. The van der Waals surface area contributed by atoms with Crippen molar-refractivity contribution < 1.29 is 19.1 Å². The maximum absolute atomic E-state index is 11.6. The van der Waals surface area contributed by atoms with E-state index in [2.05, 4.69) is 5.32 Å². The minimum absolute atomic E-state index is 0.0362. The fourth-order valence-corrected chi connectivity index (χ4v) is 1.65. The zero-order valence-corrected chi connectivity index (χ0v) is 10.5. The molecule has 0 saturated carbocycles. The van der Waals surface area contributed by atoms with Crippen LogP contribution in [0.15, 0.2) is 21.6 Å². The molecule has 1 atom stereocenters. The number of thioether (sulfide) groups is 1. The lowest BCUT2D eigenvalue weighted by molar-refractivity contribution is -0.137. The molecule has 6 heteroatoms. The Kier molecular flexibility index (Phi) is 5.09. The maximum atomic E-state index is 11.6. The summed E-state index contributed by atoms with van der Waals surface area (Å²) >= 11 is 1.42. The predicted octanol–water partition coefficient (Wildman–Crippen LogP) is 1.84. The molecular formula is C11H15NO4S.